The van der Waals surface area contributed by atoms with E-state index in [2.05, 4.69) is 16.3 Å². The number of sulfonamides is 2. The van der Waals surface area contributed by atoms with Crippen molar-refractivity contribution in [3.8, 4) is 0 Å². The number of carbonyl (C=O) groups excluding carboxylic acids is 1. The zero-order chi connectivity index (χ0) is 18.1. The molecule has 1 aromatic rings. The number of carbonyl (C=O) groups is 1. The van der Waals surface area contributed by atoms with Gasteiger partial charge in [0.25, 0.3) is 10.0 Å². The van der Waals surface area contributed by atoms with E-state index in [9.17, 15) is 30.4 Å². The molecule has 0 aliphatic carbocycles. The van der Waals surface area contributed by atoms with Crippen LogP contribution in [0.15, 0.2) is 29.2 Å². The molecule has 130 valence electrons. The van der Waals surface area contributed by atoms with E-state index in [-0.39, 0.29) is 0 Å². The number of hydrogen-bond donors (Lipinski definition) is 0. The normalized spacial score (nSPS) is 13.1. The van der Waals surface area contributed by atoms with E-state index in [0.717, 1.165) is 25.3 Å². The van der Waals surface area contributed by atoms with E-state index >= 15 is 0 Å². The first-order chi connectivity index (χ1) is 10.4. The minimum Gasteiger partial charge on any atom is -0.465 e. The first-order valence-electron chi connectivity index (χ1n) is 5.48. The highest BCUT2D eigenvalue weighted by molar-refractivity contribution is 8.04. The van der Waals surface area contributed by atoms with Crippen LogP contribution >= 0.6 is 23.2 Å². The monoisotopic (exact) mass is 411 g/mol. The maximum absolute atomic E-state index is 13.4. The lowest BCUT2D eigenvalue weighted by Gasteiger charge is -2.24. The molecule has 0 aliphatic rings. The second kappa shape index (κ2) is 6.85. The molecular formula is C10H9Cl2F2NO6S2. The molecule has 0 aromatic heterocycles. The Morgan fingerprint density at radius 1 is 1.26 bits per heavy atom. The van der Waals surface area contributed by atoms with Crippen LogP contribution in [-0.4, -0.2) is 44.3 Å². The summed E-state index contributed by atoms with van der Waals surface area (Å²) in [5.74, 6) is -1.18. The van der Waals surface area contributed by atoms with E-state index in [1.54, 1.807) is 0 Å². The smallest absolute Gasteiger partial charge is 0.411 e. The fourth-order valence-corrected chi connectivity index (χ4v) is 5.73. The van der Waals surface area contributed by atoms with Crippen LogP contribution in [0.25, 0.3) is 0 Å². The van der Waals surface area contributed by atoms with Crippen LogP contribution < -0.4 is 0 Å². The van der Waals surface area contributed by atoms with Gasteiger partial charge in [0.2, 0.25) is 10.0 Å². The topological polar surface area (TPSA) is 97.8 Å². The molecule has 23 heavy (non-hydrogen) atoms. The van der Waals surface area contributed by atoms with Gasteiger partial charge in [-0.15, -0.1) is 11.6 Å². The van der Waals surface area contributed by atoms with Crippen molar-refractivity contribution >= 4 is 49.2 Å². The number of ether oxygens (including phenoxy) is 1. The molecule has 0 saturated carbocycles. The molecular weight excluding hydrogens is 403 g/mol. The van der Waals surface area contributed by atoms with Crippen LogP contribution in [0.3, 0.4) is 0 Å². The van der Waals surface area contributed by atoms with Crippen molar-refractivity contribution in [3.05, 3.63) is 29.8 Å². The van der Waals surface area contributed by atoms with Crippen molar-refractivity contribution in [1.29, 1.82) is 0 Å². The first-order valence-corrected chi connectivity index (χ1v) is 9.44. The molecule has 0 bridgehead atoms. The highest BCUT2D eigenvalue weighted by atomic mass is 35.5. The Bertz CT molecular complexity index is 807. The minimum absolute atomic E-state index is 0.648. The van der Waals surface area contributed by atoms with Crippen molar-refractivity contribution in [1.82, 2.24) is 3.71 Å². The van der Waals surface area contributed by atoms with Crippen LogP contribution in [0, 0.1) is 0 Å². The summed E-state index contributed by atoms with van der Waals surface area (Å²) in [6.07, 6.45) is 0. The van der Waals surface area contributed by atoms with Gasteiger partial charge in [-0.3, -0.25) is 0 Å². The molecule has 0 fully saturated rings. The number of halogens is 4. The number of rotatable bonds is 6. The van der Waals surface area contributed by atoms with Crippen LogP contribution in [0.2, 0.25) is 0 Å². The SMILES string of the molecule is COC(=O)c1ccccc1S(=O)(=O)N(C(F)(F)Cl)S(=O)(=O)CCl. The summed E-state index contributed by atoms with van der Waals surface area (Å²) >= 11 is 9.66. The second-order valence-electron chi connectivity index (χ2n) is 3.88. The molecule has 0 saturated heterocycles. The molecule has 0 aliphatic heterocycles. The fourth-order valence-electron chi connectivity index (χ4n) is 1.55. The van der Waals surface area contributed by atoms with Crippen molar-refractivity contribution in [3.63, 3.8) is 0 Å². The van der Waals surface area contributed by atoms with Gasteiger partial charge in [-0.1, -0.05) is 12.1 Å². The highest BCUT2D eigenvalue weighted by Gasteiger charge is 2.53. The van der Waals surface area contributed by atoms with Crippen LogP contribution in [-0.2, 0) is 24.8 Å². The molecule has 0 unspecified atom stereocenters. The van der Waals surface area contributed by atoms with E-state index in [0.29, 0.717) is 0 Å². The zero-order valence-corrected chi connectivity index (χ0v) is 14.4. The van der Waals surface area contributed by atoms with E-state index in [1.165, 1.54) is 6.07 Å². The number of nitrogens with zero attached hydrogens (tertiary/aromatic N) is 1. The third kappa shape index (κ3) is 4.10. The van der Waals surface area contributed by atoms with Gasteiger partial charge >= 0.3 is 11.5 Å². The standard InChI is InChI=1S/C10H9Cl2F2NO6S2/c1-21-9(16)7-4-2-3-5-8(7)23(19,20)15(10(12,13)14)22(17,18)6-11/h2-5H,6H2,1H3. The molecule has 0 heterocycles. The minimum atomic E-state index is -5.44. The molecule has 7 nitrogen and oxygen atoms in total. The Hall–Kier alpha value is -1.01. The van der Waals surface area contributed by atoms with Gasteiger partial charge < -0.3 is 4.74 Å². The summed E-state index contributed by atoms with van der Waals surface area (Å²) < 4.78 is 77.9. The molecule has 0 radical (unpaired) electrons. The third-order valence-corrected chi connectivity index (χ3v) is 7.44. The number of benzene rings is 1. The van der Waals surface area contributed by atoms with Crippen LogP contribution in [0.5, 0.6) is 0 Å². The molecule has 13 heteroatoms. The highest BCUT2D eigenvalue weighted by Crippen LogP contribution is 2.35. The maximum Gasteiger partial charge on any atom is 0.411 e. The average molecular weight is 412 g/mol. The van der Waals surface area contributed by atoms with E-state index < -0.39 is 50.9 Å². The molecule has 1 rings (SSSR count). The van der Waals surface area contributed by atoms with Crippen molar-refractivity contribution in [2.24, 2.45) is 0 Å². The zero-order valence-electron chi connectivity index (χ0n) is 11.2. The molecule has 0 amide bonds. The van der Waals surface area contributed by atoms with Gasteiger partial charge in [-0.05, 0) is 27.4 Å². The summed E-state index contributed by atoms with van der Waals surface area (Å²) in [5.41, 5.74) is -5.49. The predicted molar refractivity (Wildman–Crippen MR) is 77.2 cm³/mol. The van der Waals surface area contributed by atoms with Crippen LogP contribution in [0.4, 0.5) is 8.78 Å². The lowest BCUT2D eigenvalue weighted by Crippen LogP contribution is -2.46. The fraction of sp³-hybridized carbons (Fsp3) is 0.300. The van der Waals surface area contributed by atoms with E-state index in [4.69, 9.17) is 11.6 Å². The summed E-state index contributed by atoms with van der Waals surface area (Å²) in [4.78, 5) is 10.5. The Morgan fingerprint density at radius 3 is 2.22 bits per heavy atom. The summed E-state index contributed by atoms with van der Waals surface area (Å²) in [5, 5.41) is -1.48. The number of hydrogen-bond acceptors (Lipinski definition) is 6. The summed E-state index contributed by atoms with van der Waals surface area (Å²) in [6.45, 7) is 0. The Balaban J connectivity index is 3.73. The Morgan fingerprint density at radius 2 is 1.78 bits per heavy atom. The number of methoxy groups -OCH3 is 1. The van der Waals surface area contributed by atoms with Gasteiger partial charge in [0.05, 0.1) is 17.6 Å². The lowest BCUT2D eigenvalue weighted by molar-refractivity contribution is 0.0271. The molecule has 1 aromatic carbocycles. The lowest BCUT2D eigenvalue weighted by atomic mass is 10.2. The third-order valence-electron chi connectivity index (χ3n) is 2.39. The number of esters is 1. The predicted octanol–water partition coefficient (Wildman–Crippen LogP) is 1.78. The number of alkyl halides is 4. The Kier molecular flexibility index (Phi) is 5.97. The van der Waals surface area contributed by atoms with Crippen molar-refractivity contribution in [2.75, 3.05) is 12.3 Å². The van der Waals surface area contributed by atoms with Gasteiger partial charge in [0, 0.05) is 0 Å². The molecule has 0 atom stereocenters. The summed E-state index contributed by atoms with van der Waals surface area (Å²) in [6, 6.07) is 4.03. The van der Waals surface area contributed by atoms with Crippen molar-refractivity contribution < 1.29 is 35.1 Å². The largest absolute Gasteiger partial charge is 0.465 e. The van der Waals surface area contributed by atoms with Gasteiger partial charge in [0.1, 0.15) is 5.21 Å². The first kappa shape index (κ1) is 20.0. The summed E-state index contributed by atoms with van der Waals surface area (Å²) in [7, 11) is -9.71. The quantitative estimate of drug-likeness (QED) is 0.402. The van der Waals surface area contributed by atoms with Gasteiger partial charge in [-0.25, -0.2) is 21.6 Å². The second-order valence-corrected chi connectivity index (χ2v) is 8.72. The maximum atomic E-state index is 13.4. The molecule has 0 spiro atoms. The van der Waals surface area contributed by atoms with Gasteiger partial charge in [0.15, 0.2) is 0 Å². The molecule has 0 N–H and O–H groups in total. The van der Waals surface area contributed by atoms with E-state index in [1.807, 2.05) is 0 Å². The van der Waals surface area contributed by atoms with Crippen molar-refractivity contribution in [2.45, 2.75) is 10.4 Å². The Labute approximate surface area is 140 Å². The van der Waals surface area contributed by atoms with Crippen LogP contribution in [0.1, 0.15) is 10.4 Å². The average Bonchev–Trinajstić information content (AvgIpc) is 2.44. The van der Waals surface area contributed by atoms with Gasteiger partial charge in [-0.2, -0.15) is 8.78 Å².